The number of hydrogen-bond donors (Lipinski definition) is 0. The second kappa shape index (κ2) is 7.62. The van der Waals surface area contributed by atoms with Crippen molar-refractivity contribution in [3.05, 3.63) is 53.6 Å². The summed E-state index contributed by atoms with van der Waals surface area (Å²) in [5.41, 5.74) is 3.21. The first-order valence-corrected chi connectivity index (χ1v) is 11.0. The van der Waals surface area contributed by atoms with E-state index in [1.165, 1.54) is 55.2 Å². The molecule has 152 valence electrons. The molecule has 2 saturated heterocycles. The molecule has 2 aliphatic rings. The molecule has 0 unspecified atom stereocenters. The van der Waals surface area contributed by atoms with Gasteiger partial charge in [0.1, 0.15) is 11.0 Å². The summed E-state index contributed by atoms with van der Waals surface area (Å²) >= 11 is 6.04. The monoisotopic (exact) mass is 409 g/mol. The molecule has 4 heterocycles. The predicted octanol–water partition coefficient (Wildman–Crippen LogP) is 4.50. The highest BCUT2D eigenvalue weighted by molar-refractivity contribution is 6.29. The molecule has 0 N–H and O–H groups in total. The molecule has 0 aliphatic carbocycles. The van der Waals surface area contributed by atoms with Crippen molar-refractivity contribution >= 4 is 28.3 Å². The number of nitrogens with zero attached hydrogens (tertiary/aromatic N) is 5. The van der Waals surface area contributed by atoms with Crippen molar-refractivity contribution in [1.29, 1.82) is 0 Å². The second-order valence-corrected chi connectivity index (χ2v) is 9.17. The Morgan fingerprint density at radius 2 is 1.90 bits per heavy atom. The average Bonchev–Trinajstić information content (AvgIpc) is 3.04. The lowest BCUT2D eigenvalue weighted by Crippen LogP contribution is -2.49. The molecular weight excluding hydrogens is 382 g/mol. The van der Waals surface area contributed by atoms with E-state index in [1.807, 2.05) is 6.20 Å². The minimum Gasteiger partial charge on any atom is -0.355 e. The highest BCUT2D eigenvalue weighted by Crippen LogP contribution is 2.41. The maximum absolute atomic E-state index is 6.04. The number of hydrogen-bond acceptors (Lipinski definition) is 4. The van der Waals surface area contributed by atoms with Gasteiger partial charge < -0.3 is 9.47 Å². The van der Waals surface area contributed by atoms with Crippen molar-refractivity contribution in [3.63, 3.8) is 0 Å². The molecule has 1 aromatic carbocycles. The van der Waals surface area contributed by atoms with E-state index in [0.29, 0.717) is 10.6 Å². The summed E-state index contributed by atoms with van der Waals surface area (Å²) in [6, 6.07) is 8.75. The van der Waals surface area contributed by atoms with Crippen LogP contribution in [0, 0.1) is 5.41 Å². The molecule has 0 saturated carbocycles. The number of aryl methyl sites for hydroxylation is 1. The number of piperidine rings is 2. The van der Waals surface area contributed by atoms with Crippen molar-refractivity contribution in [2.45, 2.75) is 32.2 Å². The van der Waals surface area contributed by atoms with Crippen molar-refractivity contribution in [1.82, 2.24) is 19.4 Å². The molecule has 0 radical (unpaired) electrons. The summed E-state index contributed by atoms with van der Waals surface area (Å²) in [5, 5.41) is 1.87. The summed E-state index contributed by atoms with van der Waals surface area (Å²) in [6.45, 7) is 5.53. The van der Waals surface area contributed by atoms with E-state index in [0.717, 1.165) is 25.5 Å². The Balaban J connectivity index is 1.27. The summed E-state index contributed by atoms with van der Waals surface area (Å²) in [4.78, 5) is 13.7. The van der Waals surface area contributed by atoms with Gasteiger partial charge in [-0.05, 0) is 49.3 Å². The van der Waals surface area contributed by atoms with Crippen LogP contribution in [0.4, 0.5) is 5.82 Å². The zero-order valence-electron chi connectivity index (χ0n) is 17.0. The third kappa shape index (κ3) is 3.74. The van der Waals surface area contributed by atoms with Crippen LogP contribution in [0.5, 0.6) is 0 Å². The molecule has 0 bridgehead atoms. The molecule has 2 aliphatic heterocycles. The number of anilines is 1. The predicted molar refractivity (Wildman–Crippen MR) is 118 cm³/mol. The lowest BCUT2D eigenvalue weighted by atomic mass is 9.72. The van der Waals surface area contributed by atoms with Gasteiger partial charge >= 0.3 is 0 Å². The van der Waals surface area contributed by atoms with E-state index in [4.69, 9.17) is 11.6 Å². The standard InChI is InChI=1S/C23H28ClN5/c1-27-15-18(19-5-2-3-6-20(19)27)16-28-10-4-7-23(17-28)8-11-29(12-9-23)22-14-25-13-21(24)26-22/h2-3,5-6,13-15H,4,7-12,16-17H2,1H3. The fourth-order valence-electron chi connectivity index (χ4n) is 5.34. The quantitative estimate of drug-likeness (QED) is 0.638. The first-order chi connectivity index (χ1) is 14.1. The van der Waals surface area contributed by atoms with Crippen molar-refractivity contribution in [2.75, 3.05) is 31.1 Å². The molecule has 6 heteroatoms. The number of para-hydroxylation sites is 1. The van der Waals surface area contributed by atoms with Crippen LogP contribution >= 0.6 is 11.6 Å². The molecule has 1 spiro atoms. The summed E-state index contributed by atoms with van der Waals surface area (Å²) in [7, 11) is 2.15. The molecular formula is C23H28ClN5. The van der Waals surface area contributed by atoms with Crippen LogP contribution in [0.25, 0.3) is 10.9 Å². The number of benzene rings is 1. The molecule has 2 fully saturated rings. The average molecular weight is 410 g/mol. The first kappa shape index (κ1) is 18.9. The van der Waals surface area contributed by atoms with Crippen molar-refractivity contribution in [2.24, 2.45) is 12.5 Å². The van der Waals surface area contributed by atoms with Gasteiger partial charge in [-0.15, -0.1) is 0 Å². The summed E-state index contributed by atoms with van der Waals surface area (Å²) in [6.07, 6.45) is 10.8. The van der Waals surface area contributed by atoms with Crippen LogP contribution < -0.4 is 4.90 Å². The number of halogens is 1. The Bertz CT molecular complexity index is 1010. The normalized spacial score (nSPS) is 19.9. The molecule has 5 nitrogen and oxygen atoms in total. The molecule has 0 amide bonds. The maximum Gasteiger partial charge on any atom is 0.149 e. The fraction of sp³-hybridized carbons (Fsp3) is 0.478. The minimum absolute atomic E-state index is 0.436. The Kier molecular flexibility index (Phi) is 4.96. The number of aromatic nitrogens is 3. The zero-order chi connectivity index (χ0) is 19.8. The number of likely N-dealkylation sites (tertiary alicyclic amines) is 1. The lowest BCUT2D eigenvalue weighted by molar-refractivity contribution is 0.0606. The third-order valence-corrected chi connectivity index (χ3v) is 7.04. The summed E-state index contributed by atoms with van der Waals surface area (Å²) in [5.74, 6) is 0.913. The van der Waals surface area contributed by atoms with Gasteiger partial charge in [-0.1, -0.05) is 29.8 Å². The highest BCUT2D eigenvalue weighted by atomic mass is 35.5. The topological polar surface area (TPSA) is 37.2 Å². The van der Waals surface area contributed by atoms with E-state index in [1.54, 1.807) is 6.20 Å². The molecule has 5 rings (SSSR count). The van der Waals surface area contributed by atoms with Crippen LogP contribution in [0.15, 0.2) is 42.9 Å². The van der Waals surface area contributed by atoms with E-state index >= 15 is 0 Å². The summed E-state index contributed by atoms with van der Waals surface area (Å²) < 4.78 is 2.26. The first-order valence-electron chi connectivity index (χ1n) is 10.6. The van der Waals surface area contributed by atoms with Gasteiger partial charge in [-0.2, -0.15) is 0 Å². The van der Waals surface area contributed by atoms with Crippen LogP contribution in [-0.4, -0.2) is 45.6 Å². The molecule has 3 aromatic rings. The maximum atomic E-state index is 6.04. The lowest BCUT2D eigenvalue weighted by Gasteiger charge is -2.48. The van der Waals surface area contributed by atoms with Gasteiger partial charge in [0.25, 0.3) is 0 Å². The van der Waals surface area contributed by atoms with Gasteiger partial charge in [-0.3, -0.25) is 9.88 Å². The Morgan fingerprint density at radius 1 is 1.07 bits per heavy atom. The van der Waals surface area contributed by atoms with E-state index < -0.39 is 0 Å². The SMILES string of the molecule is Cn1cc(CN2CCCC3(CCN(c4cncc(Cl)n4)CC3)C2)c2ccccc21. The molecule has 29 heavy (non-hydrogen) atoms. The van der Waals surface area contributed by atoms with Crippen LogP contribution in [0.2, 0.25) is 5.15 Å². The fourth-order valence-corrected chi connectivity index (χ4v) is 5.48. The zero-order valence-corrected chi connectivity index (χ0v) is 17.8. The molecule has 0 atom stereocenters. The number of rotatable bonds is 3. The highest BCUT2D eigenvalue weighted by Gasteiger charge is 2.38. The Labute approximate surface area is 177 Å². The van der Waals surface area contributed by atoms with Gasteiger partial charge in [-0.25, -0.2) is 4.98 Å². The van der Waals surface area contributed by atoms with E-state index in [2.05, 4.69) is 61.8 Å². The molecule has 2 aromatic heterocycles. The second-order valence-electron chi connectivity index (χ2n) is 8.78. The van der Waals surface area contributed by atoms with Crippen LogP contribution in [-0.2, 0) is 13.6 Å². The van der Waals surface area contributed by atoms with Crippen molar-refractivity contribution in [3.8, 4) is 0 Å². The van der Waals surface area contributed by atoms with Gasteiger partial charge in [0.2, 0.25) is 0 Å². The smallest absolute Gasteiger partial charge is 0.149 e. The minimum atomic E-state index is 0.436. The van der Waals surface area contributed by atoms with Gasteiger partial charge in [0, 0.05) is 50.3 Å². The van der Waals surface area contributed by atoms with E-state index in [-0.39, 0.29) is 0 Å². The van der Waals surface area contributed by atoms with Crippen LogP contribution in [0.3, 0.4) is 0 Å². The largest absolute Gasteiger partial charge is 0.355 e. The third-order valence-electron chi connectivity index (χ3n) is 6.85. The Hall–Kier alpha value is -2.11. The Morgan fingerprint density at radius 3 is 2.72 bits per heavy atom. The van der Waals surface area contributed by atoms with Gasteiger partial charge in [0.05, 0.1) is 12.4 Å². The number of fused-ring (bicyclic) bond motifs is 1. The van der Waals surface area contributed by atoms with E-state index in [9.17, 15) is 0 Å². The van der Waals surface area contributed by atoms with Crippen LogP contribution in [0.1, 0.15) is 31.2 Å². The van der Waals surface area contributed by atoms with Crippen molar-refractivity contribution < 1.29 is 0 Å². The van der Waals surface area contributed by atoms with Gasteiger partial charge in [0.15, 0.2) is 0 Å².